The fourth-order valence-electron chi connectivity index (χ4n) is 6.46. The van der Waals surface area contributed by atoms with Gasteiger partial charge in [-0.25, -0.2) is 0 Å². The minimum atomic E-state index is -0.946. The minimum Gasteiger partial charge on any atom is -0.513 e. The third-order valence-electron chi connectivity index (χ3n) is 8.55. The van der Waals surface area contributed by atoms with Crippen LogP contribution in [0.15, 0.2) is 83.5 Å². The number of phenols is 4. The molecule has 7 nitrogen and oxygen atoms in total. The summed E-state index contributed by atoms with van der Waals surface area (Å²) < 4.78 is 6.21. The van der Waals surface area contributed by atoms with Crippen molar-refractivity contribution in [3.63, 3.8) is 0 Å². The summed E-state index contributed by atoms with van der Waals surface area (Å²) in [7, 11) is 6.56. The SMILES string of the molecule is [B]/C(=C(/C)O)c1c(C(=C)O)c(-c2ccccc2)c2c(O)c(O)c(O)c(O)c2c1-c1ccc2oc3cc4c(cc3c2c1)C=CCC4. The van der Waals surface area contributed by atoms with Crippen LogP contribution >= 0.6 is 0 Å². The lowest BCUT2D eigenvalue weighted by atomic mass is 9.74. The Morgan fingerprint density at radius 3 is 2.04 bits per heavy atom. The third kappa shape index (κ3) is 4.13. The van der Waals surface area contributed by atoms with E-state index >= 15 is 0 Å². The predicted molar refractivity (Wildman–Crippen MR) is 179 cm³/mol. The zero-order valence-corrected chi connectivity index (χ0v) is 24.2. The number of rotatable bonds is 4. The van der Waals surface area contributed by atoms with Gasteiger partial charge in [0.25, 0.3) is 0 Å². The van der Waals surface area contributed by atoms with E-state index in [4.69, 9.17) is 12.3 Å². The maximum absolute atomic E-state index is 11.5. The molecule has 45 heavy (non-hydrogen) atoms. The van der Waals surface area contributed by atoms with Gasteiger partial charge in [0, 0.05) is 38.2 Å². The topological polar surface area (TPSA) is 135 Å². The summed E-state index contributed by atoms with van der Waals surface area (Å²) in [5, 5.41) is 67.7. The lowest BCUT2D eigenvalue weighted by molar-refractivity contribution is 0.351. The summed E-state index contributed by atoms with van der Waals surface area (Å²) in [6, 6.07) is 18.1. The van der Waals surface area contributed by atoms with Crippen LogP contribution in [0, 0.1) is 0 Å². The van der Waals surface area contributed by atoms with E-state index in [9.17, 15) is 30.6 Å². The highest BCUT2D eigenvalue weighted by Gasteiger charge is 2.31. The Morgan fingerprint density at radius 1 is 0.756 bits per heavy atom. The van der Waals surface area contributed by atoms with Crippen molar-refractivity contribution in [3.05, 3.63) is 101 Å². The number of fused-ring (bicyclic) bond motifs is 5. The van der Waals surface area contributed by atoms with Crippen molar-refractivity contribution in [1.82, 2.24) is 0 Å². The summed E-state index contributed by atoms with van der Waals surface area (Å²) in [4.78, 5) is 0. The lowest BCUT2D eigenvalue weighted by Gasteiger charge is -2.25. The molecule has 7 rings (SSSR count). The zero-order chi connectivity index (χ0) is 31.7. The molecule has 8 heteroatoms. The molecule has 5 aromatic carbocycles. The molecular weight excluding hydrogens is 567 g/mol. The normalized spacial score (nSPS) is 13.4. The average Bonchev–Trinajstić information content (AvgIpc) is 3.40. The first-order valence-corrected chi connectivity index (χ1v) is 14.3. The number of furan rings is 1. The molecule has 0 aliphatic heterocycles. The van der Waals surface area contributed by atoms with E-state index in [2.05, 4.69) is 24.8 Å². The Labute approximate surface area is 259 Å². The average molecular weight is 594 g/mol. The fraction of sp³-hybridized carbons (Fsp3) is 0.0811. The van der Waals surface area contributed by atoms with Crippen LogP contribution in [0.5, 0.6) is 23.0 Å². The second-order valence-electron chi connectivity index (χ2n) is 11.3. The molecule has 0 bridgehead atoms. The molecular formula is C37H27BO7. The molecule has 0 saturated heterocycles. The van der Waals surface area contributed by atoms with Crippen molar-refractivity contribution < 1.29 is 35.1 Å². The maximum Gasteiger partial charge on any atom is 0.204 e. The van der Waals surface area contributed by atoms with Crippen LogP contribution in [-0.4, -0.2) is 38.5 Å². The molecule has 0 amide bonds. The first-order chi connectivity index (χ1) is 21.6. The molecule has 6 aromatic rings. The van der Waals surface area contributed by atoms with Gasteiger partial charge in [0.15, 0.2) is 11.5 Å². The molecule has 0 fully saturated rings. The van der Waals surface area contributed by atoms with Crippen molar-refractivity contribution in [1.29, 1.82) is 0 Å². The van der Waals surface area contributed by atoms with E-state index in [0.29, 0.717) is 22.3 Å². The highest BCUT2D eigenvalue weighted by atomic mass is 16.3. The number of allylic oxidation sites excluding steroid dienone is 2. The van der Waals surface area contributed by atoms with E-state index in [-0.39, 0.29) is 44.3 Å². The molecule has 0 spiro atoms. The maximum atomic E-state index is 11.5. The van der Waals surface area contributed by atoms with Gasteiger partial charge in [-0.2, -0.15) is 0 Å². The number of aromatic hydroxyl groups is 4. The quantitative estimate of drug-likeness (QED) is 0.0520. The number of hydrogen-bond acceptors (Lipinski definition) is 7. The van der Waals surface area contributed by atoms with E-state index < -0.39 is 28.8 Å². The Morgan fingerprint density at radius 2 is 1.40 bits per heavy atom. The zero-order valence-electron chi connectivity index (χ0n) is 24.2. The summed E-state index contributed by atoms with van der Waals surface area (Å²) in [6.07, 6.45) is 6.07. The van der Waals surface area contributed by atoms with E-state index in [1.54, 1.807) is 42.5 Å². The molecule has 0 saturated carbocycles. The first-order valence-electron chi connectivity index (χ1n) is 14.3. The summed E-state index contributed by atoms with van der Waals surface area (Å²) >= 11 is 0. The van der Waals surface area contributed by atoms with Gasteiger partial charge in [0.1, 0.15) is 24.8 Å². The molecule has 1 aromatic heterocycles. The summed E-state index contributed by atoms with van der Waals surface area (Å²) in [5.41, 5.74) is 4.84. The van der Waals surface area contributed by atoms with E-state index in [1.165, 1.54) is 12.5 Å². The molecule has 1 aliphatic carbocycles. The molecule has 0 atom stereocenters. The van der Waals surface area contributed by atoms with Crippen molar-refractivity contribution in [3.8, 4) is 45.3 Å². The standard InChI is InChI=1S/C37H27BO7/c1-17(39)27-28(19-8-4-3-5-9-19)31-32(35(42)37(44)36(43)34(31)41)29(30(27)33(38)18(2)40)22-12-13-25-23(15-22)24-14-20-10-6-7-11-21(20)16-26(24)45-25/h3-6,8-10,12-16,39-44H,1,7,11H2,2H3/b33-18-. The van der Waals surface area contributed by atoms with Gasteiger partial charge in [0.05, 0.1) is 5.76 Å². The van der Waals surface area contributed by atoms with Crippen LogP contribution < -0.4 is 0 Å². The Balaban J connectivity index is 1.71. The smallest absolute Gasteiger partial charge is 0.204 e. The monoisotopic (exact) mass is 594 g/mol. The van der Waals surface area contributed by atoms with Gasteiger partial charge in [-0.15, -0.1) is 0 Å². The van der Waals surface area contributed by atoms with Gasteiger partial charge in [-0.05, 0) is 71.8 Å². The number of aryl methyl sites for hydroxylation is 1. The molecule has 6 N–H and O–H groups in total. The predicted octanol–water partition coefficient (Wildman–Crippen LogP) is 8.80. The molecule has 0 unspecified atom stereocenters. The van der Waals surface area contributed by atoms with Crippen molar-refractivity contribution in [2.24, 2.45) is 0 Å². The van der Waals surface area contributed by atoms with Crippen LogP contribution in [0.1, 0.15) is 35.6 Å². The second-order valence-corrected chi connectivity index (χ2v) is 11.3. The van der Waals surface area contributed by atoms with Crippen molar-refractivity contribution >= 4 is 57.9 Å². The summed E-state index contributed by atoms with van der Waals surface area (Å²) in [6.45, 7) is 5.17. The molecule has 1 heterocycles. The van der Waals surface area contributed by atoms with Gasteiger partial charge < -0.3 is 35.1 Å². The number of benzene rings is 5. The third-order valence-corrected chi connectivity index (χ3v) is 8.55. The minimum absolute atomic E-state index is 0.0470. The van der Waals surface area contributed by atoms with Crippen LogP contribution in [0.2, 0.25) is 0 Å². The highest BCUT2D eigenvalue weighted by molar-refractivity contribution is 6.45. The first kappa shape index (κ1) is 28.0. The Hall–Kier alpha value is -5.76. The van der Waals surface area contributed by atoms with Crippen LogP contribution in [-0.2, 0) is 6.42 Å². The highest BCUT2D eigenvalue weighted by Crippen LogP contribution is 2.57. The van der Waals surface area contributed by atoms with Crippen LogP contribution in [0.3, 0.4) is 0 Å². The van der Waals surface area contributed by atoms with Gasteiger partial charge >= 0.3 is 0 Å². The van der Waals surface area contributed by atoms with Crippen LogP contribution in [0.25, 0.3) is 72.3 Å². The van der Waals surface area contributed by atoms with Gasteiger partial charge in [0.2, 0.25) is 11.5 Å². The van der Waals surface area contributed by atoms with Crippen molar-refractivity contribution in [2.75, 3.05) is 0 Å². The number of phenolic OH excluding ortho intramolecular Hbond substituents is 4. The van der Waals surface area contributed by atoms with Crippen molar-refractivity contribution in [2.45, 2.75) is 19.8 Å². The number of aliphatic hydroxyl groups excluding tert-OH is 2. The number of aliphatic hydroxyl groups is 2. The van der Waals surface area contributed by atoms with E-state index in [0.717, 1.165) is 29.2 Å². The van der Waals surface area contributed by atoms with Gasteiger partial charge in [-0.3, -0.25) is 0 Å². The van der Waals surface area contributed by atoms with E-state index in [1.807, 2.05) is 12.1 Å². The lowest BCUT2D eigenvalue weighted by Crippen LogP contribution is -2.04. The Kier molecular flexibility index (Phi) is 6.33. The molecule has 1 aliphatic rings. The summed E-state index contributed by atoms with van der Waals surface area (Å²) in [5.74, 6) is -4.08. The van der Waals surface area contributed by atoms with Gasteiger partial charge in [-0.1, -0.05) is 60.6 Å². The molecule has 220 valence electrons. The number of hydrogen-bond donors (Lipinski definition) is 6. The fourth-order valence-corrected chi connectivity index (χ4v) is 6.46. The molecule has 2 radical (unpaired) electrons. The second kappa shape index (κ2) is 10.2. The largest absolute Gasteiger partial charge is 0.513 e. The van der Waals surface area contributed by atoms with Crippen LogP contribution in [0.4, 0.5) is 0 Å². The Bertz CT molecular complexity index is 2310.